The van der Waals surface area contributed by atoms with Crippen LogP contribution in [0.15, 0.2) is 55.4 Å². The smallest absolute Gasteiger partial charge is 0.253 e. The fourth-order valence-electron chi connectivity index (χ4n) is 3.73. The van der Waals surface area contributed by atoms with E-state index in [1.807, 2.05) is 39.9 Å². The molecule has 28 heavy (non-hydrogen) atoms. The molecular formula is C20H22N6O2. The van der Waals surface area contributed by atoms with Crippen LogP contribution in [-0.2, 0) is 11.3 Å². The van der Waals surface area contributed by atoms with E-state index >= 15 is 0 Å². The summed E-state index contributed by atoms with van der Waals surface area (Å²) in [5.74, 6) is 0.514. The molecule has 8 nitrogen and oxygen atoms in total. The number of amides is 2. The van der Waals surface area contributed by atoms with Crippen LogP contribution in [-0.4, -0.2) is 48.9 Å². The molecule has 4 rings (SSSR count). The molecule has 1 saturated heterocycles. The Kier molecular flexibility index (Phi) is 4.92. The summed E-state index contributed by atoms with van der Waals surface area (Å²) < 4.78 is 3.67. The van der Waals surface area contributed by atoms with Crippen LogP contribution in [0, 0.1) is 0 Å². The Balaban J connectivity index is 1.48. The molecule has 0 bridgehead atoms. The van der Waals surface area contributed by atoms with Gasteiger partial charge in [-0.05, 0) is 37.1 Å². The van der Waals surface area contributed by atoms with E-state index in [0.717, 1.165) is 30.9 Å². The first-order valence-electron chi connectivity index (χ1n) is 9.29. The molecule has 1 fully saturated rings. The molecule has 0 aliphatic carbocycles. The van der Waals surface area contributed by atoms with Crippen molar-refractivity contribution in [2.45, 2.75) is 25.3 Å². The predicted octanol–water partition coefficient (Wildman–Crippen LogP) is 1.57. The quantitative estimate of drug-likeness (QED) is 0.728. The number of piperidine rings is 1. The second kappa shape index (κ2) is 7.67. The summed E-state index contributed by atoms with van der Waals surface area (Å²) in [6, 6.07) is 7.51. The molecule has 2 aromatic heterocycles. The number of aromatic nitrogens is 4. The van der Waals surface area contributed by atoms with Crippen molar-refractivity contribution >= 4 is 11.8 Å². The molecule has 0 spiro atoms. The number of hydrogen-bond acceptors (Lipinski definition) is 4. The van der Waals surface area contributed by atoms with Crippen molar-refractivity contribution in [3.05, 3.63) is 66.8 Å². The molecular weight excluding hydrogens is 356 g/mol. The van der Waals surface area contributed by atoms with E-state index in [2.05, 4.69) is 9.97 Å². The van der Waals surface area contributed by atoms with Crippen LogP contribution in [0.5, 0.6) is 0 Å². The first kappa shape index (κ1) is 18.0. The van der Waals surface area contributed by atoms with Gasteiger partial charge in [0.05, 0.1) is 6.33 Å². The van der Waals surface area contributed by atoms with Crippen LogP contribution in [0.2, 0.25) is 0 Å². The Morgan fingerprint density at radius 2 is 1.96 bits per heavy atom. The summed E-state index contributed by atoms with van der Waals surface area (Å²) in [4.78, 5) is 34.6. The van der Waals surface area contributed by atoms with E-state index in [-0.39, 0.29) is 18.4 Å². The maximum Gasteiger partial charge on any atom is 0.253 e. The highest BCUT2D eigenvalue weighted by molar-refractivity contribution is 5.94. The van der Waals surface area contributed by atoms with E-state index in [1.165, 1.54) is 0 Å². The van der Waals surface area contributed by atoms with Gasteiger partial charge in [-0.15, -0.1) is 0 Å². The predicted molar refractivity (Wildman–Crippen MR) is 103 cm³/mol. The second-order valence-corrected chi connectivity index (χ2v) is 6.99. The lowest BCUT2D eigenvalue weighted by Crippen LogP contribution is -2.40. The monoisotopic (exact) mass is 378 g/mol. The van der Waals surface area contributed by atoms with Gasteiger partial charge in [-0.1, -0.05) is 0 Å². The van der Waals surface area contributed by atoms with Crippen LogP contribution in [0.25, 0.3) is 5.69 Å². The summed E-state index contributed by atoms with van der Waals surface area (Å²) in [7, 11) is 0. The number of carbonyl (C=O) groups excluding carboxylic acids is 2. The third-order valence-electron chi connectivity index (χ3n) is 5.06. The second-order valence-electron chi connectivity index (χ2n) is 6.99. The maximum absolute atomic E-state index is 13.0. The topological polar surface area (TPSA) is 99.0 Å². The number of nitrogens with zero attached hydrogens (tertiary/aromatic N) is 5. The number of primary amides is 1. The molecule has 0 unspecified atom stereocenters. The summed E-state index contributed by atoms with van der Waals surface area (Å²) in [5, 5.41) is 0. The van der Waals surface area contributed by atoms with Crippen molar-refractivity contribution in [2.24, 2.45) is 5.73 Å². The van der Waals surface area contributed by atoms with E-state index in [4.69, 9.17) is 5.73 Å². The average molecular weight is 378 g/mol. The van der Waals surface area contributed by atoms with E-state index in [9.17, 15) is 9.59 Å². The Hall–Kier alpha value is -3.42. The minimum absolute atomic E-state index is 0.00916. The molecule has 1 aromatic carbocycles. The average Bonchev–Trinajstić information content (AvgIpc) is 3.39. The first-order valence-corrected chi connectivity index (χ1v) is 9.29. The Morgan fingerprint density at radius 3 is 2.68 bits per heavy atom. The number of carbonyl (C=O) groups is 2. The fourth-order valence-corrected chi connectivity index (χ4v) is 3.73. The number of hydrogen-bond donors (Lipinski definition) is 1. The van der Waals surface area contributed by atoms with Crippen molar-refractivity contribution in [1.29, 1.82) is 0 Å². The zero-order valence-electron chi connectivity index (χ0n) is 15.4. The molecule has 3 aromatic rings. The largest absolute Gasteiger partial charge is 0.368 e. The molecule has 0 radical (unpaired) electrons. The van der Waals surface area contributed by atoms with E-state index in [0.29, 0.717) is 12.1 Å². The highest BCUT2D eigenvalue weighted by Crippen LogP contribution is 2.27. The van der Waals surface area contributed by atoms with Crippen LogP contribution < -0.4 is 5.73 Å². The minimum Gasteiger partial charge on any atom is -0.368 e. The van der Waals surface area contributed by atoms with Gasteiger partial charge in [-0.25, -0.2) is 9.97 Å². The zero-order valence-corrected chi connectivity index (χ0v) is 15.4. The number of benzene rings is 1. The third kappa shape index (κ3) is 3.66. The summed E-state index contributed by atoms with van der Waals surface area (Å²) >= 11 is 0. The minimum atomic E-state index is -0.402. The molecule has 2 N–H and O–H groups in total. The maximum atomic E-state index is 13.0. The molecule has 8 heteroatoms. The van der Waals surface area contributed by atoms with Crippen molar-refractivity contribution in [3.8, 4) is 5.69 Å². The number of likely N-dealkylation sites (tertiary alicyclic amines) is 1. The lowest BCUT2D eigenvalue weighted by atomic mass is 9.96. The summed E-state index contributed by atoms with van der Waals surface area (Å²) in [5.41, 5.74) is 6.94. The molecule has 1 aliphatic rings. The third-order valence-corrected chi connectivity index (χ3v) is 5.06. The summed E-state index contributed by atoms with van der Waals surface area (Å²) in [6.07, 6.45) is 10.6. The summed E-state index contributed by atoms with van der Waals surface area (Å²) in [6.45, 7) is 1.41. The van der Waals surface area contributed by atoms with Crippen molar-refractivity contribution in [3.63, 3.8) is 0 Å². The van der Waals surface area contributed by atoms with Crippen molar-refractivity contribution in [1.82, 2.24) is 24.0 Å². The van der Waals surface area contributed by atoms with Gasteiger partial charge in [0.1, 0.15) is 12.4 Å². The van der Waals surface area contributed by atoms with Gasteiger partial charge >= 0.3 is 0 Å². The molecule has 3 heterocycles. The van der Waals surface area contributed by atoms with Gasteiger partial charge < -0.3 is 19.8 Å². The first-order chi connectivity index (χ1) is 13.6. The van der Waals surface area contributed by atoms with Crippen LogP contribution in [0.3, 0.4) is 0 Å². The Morgan fingerprint density at radius 1 is 1.14 bits per heavy atom. The highest BCUT2D eigenvalue weighted by atomic mass is 16.2. The normalized spacial score (nSPS) is 16.9. The van der Waals surface area contributed by atoms with Crippen molar-refractivity contribution in [2.75, 3.05) is 13.1 Å². The number of imidazole rings is 2. The van der Waals surface area contributed by atoms with Gasteiger partial charge in [-0.3, -0.25) is 9.59 Å². The van der Waals surface area contributed by atoms with E-state index in [1.54, 1.807) is 29.5 Å². The highest BCUT2D eigenvalue weighted by Gasteiger charge is 2.28. The van der Waals surface area contributed by atoms with Gasteiger partial charge in [0, 0.05) is 55.0 Å². The van der Waals surface area contributed by atoms with Crippen molar-refractivity contribution < 1.29 is 9.59 Å². The van der Waals surface area contributed by atoms with Crippen LogP contribution in [0.4, 0.5) is 0 Å². The Bertz CT molecular complexity index is 961. The van der Waals surface area contributed by atoms with Gasteiger partial charge in [-0.2, -0.15) is 0 Å². The lowest BCUT2D eigenvalue weighted by Gasteiger charge is -2.32. The number of rotatable bonds is 5. The molecule has 2 amide bonds. The standard InChI is InChI=1S/C20H22N6O2/c21-18(27)13-24-11-8-23-19(24)16-2-1-9-25(12-16)20(28)15-3-5-17(6-4-15)26-10-7-22-14-26/h3-8,10-11,14,16H,1-2,9,12-13H2,(H2,21,27)/t16-/m0/s1. The molecule has 1 aliphatic heterocycles. The van der Waals surface area contributed by atoms with E-state index < -0.39 is 5.91 Å². The SMILES string of the molecule is NC(=O)Cn1ccnc1[C@H]1CCCN(C(=O)c2ccc(-n3ccnc3)cc2)C1. The molecule has 1 atom stereocenters. The lowest BCUT2D eigenvalue weighted by molar-refractivity contribution is -0.118. The van der Waals surface area contributed by atoms with Gasteiger partial charge in [0.15, 0.2) is 0 Å². The van der Waals surface area contributed by atoms with Crippen LogP contribution >= 0.6 is 0 Å². The number of nitrogens with two attached hydrogens (primary N) is 1. The van der Waals surface area contributed by atoms with Gasteiger partial charge in [0.2, 0.25) is 5.91 Å². The molecule has 144 valence electrons. The molecule has 0 saturated carbocycles. The van der Waals surface area contributed by atoms with Gasteiger partial charge in [0.25, 0.3) is 5.91 Å². The fraction of sp³-hybridized carbons (Fsp3) is 0.300. The van der Waals surface area contributed by atoms with Crippen LogP contribution in [0.1, 0.15) is 34.9 Å². The zero-order chi connectivity index (χ0) is 19.5. The Labute approximate surface area is 162 Å².